The molecule has 0 aromatic rings. The van der Waals surface area contributed by atoms with E-state index in [-0.39, 0.29) is 21.1 Å². The molecule has 0 rings (SSSR count). The molecular formula is N2O8PtS. The molecule has 0 aliphatic carbocycles. The Kier molecular flexibility index (Phi) is 5.47. The molecule has 12 heavy (non-hydrogen) atoms. The summed E-state index contributed by atoms with van der Waals surface area (Å²) in [5, 5.41) is 15.1. The Morgan fingerprint density at radius 3 is 1.42 bits per heavy atom. The van der Waals surface area contributed by atoms with Gasteiger partial charge in [-0.2, -0.15) is 17.0 Å². The van der Waals surface area contributed by atoms with Crippen molar-refractivity contribution >= 4 is 10.4 Å². The maximum atomic E-state index is 9.92. The van der Waals surface area contributed by atoms with Gasteiger partial charge in [-0.15, -0.1) is 20.2 Å². The Hall–Kier alpha value is -0.962. The van der Waals surface area contributed by atoms with Crippen LogP contribution in [0.4, 0.5) is 0 Å². The first-order valence-corrected chi connectivity index (χ1v) is 3.10. The summed E-state index contributed by atoms with van der Waals surface area (Å²) >= 11 is 0. The predicted octanol–water partition coefficient (Wildman–Crippen LogP) is -1.35. The van der Waals surface area contributed by atoms with Crippen LogP contribution in [0.15, 0.2) is 0 Å². The van der Waals surface area contributed by atoms with Crippen LogP contribution in [-0.4, -0.2) is 18.6 Å². The summed E-state index contributed by atoms with van der Waals surface area (Å²) in [6.07, 6.45) is 0. The summed E-state index contributed by atoms with van der Waals surface area (Å²) in [6.45, 7) is 0. The summed E-state index contributed by atoms with van der Waals surface area (Å²) in [7, 11) is -5.18. The minimum Gasteiger partial charge on any atom is -0.172 e. The van der Waals surface area contributed by atoms with Crippen molar-refractivity contribution in [3.05, 3.63) is 20.2 Å². The van der Waals surface area contributed by atoms with Crippen molar-refractivity contribution in [1.29, 1.82) is 0 Å². The van der Waals surface area contributed by atoms with Gasteiger partial charge in [0.05, 0.1) is 0 Å². The van der Waals surface area contributed by atoms with Gasteiger partial charge < -0.3 is 0 Å². The average Bonchev–Trinajstić information content (AvgIpc) is 1.53. The molecule has 0 radical (unpaired) electrons. The molecule has 74 valence electrons. The van der Waals surface area contributed by atoms with Crippen molar-refractivity contribution < 1.29 is 48.2 Å². The van der Waals surface area contributed by atoms with Crippen LogP contribution in [0.3, 0.4) is 0 Å². The van der Waals surface area contributed by atoms with Gasteiger partial charge in [0, 0.05) is 21.1 Å². The molecule has 0 saturated carbocycles. The molecule has 0 amide bonds. The molecule has 0 bridgehead atoms. The van der Waals surface area contributed by atoms with E-state index in [2.05, 4.69) is 8.57 Å². The molecule has 0 unspecified atom stereocenters. The second-order valence-electron chi connectivity index (χ2n) is 1.00. The molecule has 0 heterocycles. The Morgan fingerprint density at radius 2 is 1.25 bits per heavy atom. The number of hydrogen-bond acceptors (Lipinski definition) is 8. The molecule has 0 aliphatic rings. The molecule has 0 atom stereocenters. The maximum Gasteiger partial charge on any atom is 0.463 e. The molecule has 12 heteroatoms. The van der Waals surface area contributed by atoms with Crippen LogP contribution in [0, 0.1) is 20.2 Å². The Labute approximate surface area is 79.2 Å². The zero-order valence-corrected chi connectivity index (χ0v) is 7.97. The van der Waals surface area contributed by atoms with Gasteiger partial charge in [0.15, 0.2) is 0 Å². The quantitative estimate of drug-likeness (QED) is 0.429. The molecule has 0 spiro atoms. The van der Waals surface area contributed by atoms with Gasteiger partial charge in [0.2, 0.25) is 0 Å². The molecular weight excluding hydrogens is 383 g/mol. The topological polar surface area (TPSA) is 139 Å². The van der Waals surface area contributed by atoms with Gasteiger partial charge in [-0.3, -0.25) is 0 Å². The third kappa shape index (κ3) is 7.15. The fourth-order valence-corrected chi connectivity index (χ4v) is 0.488. The maximum absolute atomic E-state index is 9.92. The molecule has 10 nitrogen and oxygen atoms in total. The van der Waals surface area contributed by atoms with E-state index < -0.39 is 20.6 Å². The average molecular weight is 383 g/mol. The van der Waals surface area contributed by atoms with Crippen LogP contribution >= 0.6 is 0 Å². The third-order valence-electron chi connectivity index (χ3n) is 0.304. The second-order valence-corrected chi connectivity index (χ2v) is 2.12. The summed E-state index contributed by atoms with van der Waals surface area (Å²) in [4.78, 5) is 18.6. The van der Waals surface area contributed by atoms with Gasteiger partial charge in [0.25, 0.3) is 0 Å². The SMILES string of the molecule is O=[N+]([O-])OS(=O)(=O)O[N+](=O)[O-].[Pt]. The molecule has 0 fully saturated rings. The van der Waals surface area contributed by atoms with Crippen molar-refractivity contribution in [1.82, 2.24) is 0 Å². The van der Waals surface area contributed by atoms with Crippen molar-refractivity contribution in [2.24, 2.45) is 0 Å². The number of nitrogens with zero attached hydrogens (tertiary/aromatic N) is 2. The van der Waals surface area contributed by atoms with E-state index in [1.165, 1.54) is 0 Å². The van der Waals surface area contributed by atoms with Crippen LogP contribution in [0.1, 0.15) is 0 Å². The smallest absolute Gasteiger partial charge is 0.172 e. The zero-order chi connectivity index (χ0) is 9.07. The van der Waals surface area contributed by atoms with E-state index in [1.807, 2.05) is 0 Å². The third-order valence-corrected chi connectivity index (χ3v) is 0.913. The Bertz CT molecular complexity index is 243. The fourth-order valence-electron chi connectivity index (χ4n) is 0.163. The van der Waals surface area contributed by atoms with Crippen molar-refractivity contribution in [2.45, 2.75) is 0 Å². The van der Waals surface area contributed by atoms with Crippen LogP contribution in [0.25, 0.3) is 0 Å². The minimum atomic E-state index is -5.18. The van der Waals surface area contributed by atoms with Gasteiger partial charge in [-0.05, 0) is 0 Å². The van der Waals surface area contributed by atoms with E-state index in [0.717, 1.165) is 0 Å². The largest absolute Gasteiger partial charge is 0.463 e. The van der Waals surface area contributed by atoms with Crippen LogP contribution in [-0.2, 0) is 40.0 Å². The standard InChI is InChI=1S/N2O8S.Pt/c3-1(4)9-11(7,8)10-2(5)6;. The van der Waals surface area contributed by atoms with Crippen molar-refractivity contribution in [2.75, 3.05) is 0 Å². The monoisotopic (exact) mass is 383 g/mol. The number of hydrogen-bond donors (Lipinski definition) is 0. The first kappa shape index (κ1) is 13.6. The second kappa shape index (κ2) is 4.82. The Morgan fingerprint density at radius 1 is 1.00 bits per heavy atom. The minimum absolute atomic E-state index is 0. The van der Waals surface area contributed by atoms with Gasteiger partial charge in [-0.25, -0.2) is 0 Å². The van der Waals surface area contributed by atoms with E-state index in [9.17, 15) is 28.6 Å². The van der Waals surface area contributed by atoms with Crippen LogP contribution in [0.2, 0.25) is 0 Å². The Balaban J connectivity index is 0. The van der Waals surface area contributed by atoms with Gasteiger partial charge >= 0.3 is 20.6 Å². The van der Waals surface area contributed by atoms with E-state index in [0.29, 0.717) is 0 Å². The van der Waals surface area contributed by atoms with Gasteiger partial charge in [-0.1, -0.05) is 0 Å². The number of rotatable bonds is 4. The van der Waals surface area contributed by atoms with Gasteiger partial charge in [0.1, 0.15) is 0 Å². The van der Waals surface area contributed by atoms with E-state index in [1.54, 1.807) is 0 Å². The molecule has 0 aliphatic heterocycles. The summed E-state index contributed by atoms with van der Waals surface area (Å²) in [5.41, 5.74) is 0. The first-order valence-electron chi connectivity index (χ1n) is 1.76. The van der Waals surface area contributed by atoms with Crippen molar-refractivity contribution in [3.8, 4) is 0 Å². The summed E-state index contributed by atoms with van der Waals surface area (Å²) < 4.78 is 25.4. The van der Waals surface area contributed by atoms with Crippen LogP contribution in [0.5, 0.6) is 0 Å². The molecule has 0 N–H and O–H groups in total. The molecule has 0 saturated heterocycles. The van der Waals surface area contributed by atoms with Crippen molar-refractivity contribution in [3.63, 3.8) is 0 Å². The normalized spacial score (nSPS) is 9.33. The van der Waals surface area contributed by atoms with E-state index >= 15 is 0 Å². The zero-order valence-electron chi connectivity index (χ0n) is 4.88. The van der Waals surface area contributed by atoms with E-state index in [4.69, 9.17) is 0 Å². The first-order chi connectivity index (χ1) is 4.83. The summed E-state index contributed by atoms with van der Waals surface area (Å²) in [5.74, 6) is 0. The van der Waals surface area contributed by atoms with Crippen LogP contribution < -0.4 is 0 Å². The molecule has 0 aromatic heterocycles. The predicted molar refractivity (Wildman–Crippen MR) is 25.1 cm³/mol. The fraction of sp³-hybridized carbons (Fsp3) is 0. The molecule has 0 aromatic carbocycles. The summed E-state index contributed by atoms with van der Waals surface area (Å²) in [6, 6.07) is 0.